The van der Waals surface area contributed by atoms with Crippen molar-refractivity contribution >= 4 is 0 Å². The van der Waals surface area contributed by atoms with Crippen LogP contribution < -0.4 is 5.32 Å². The fraction of sp³-hybridized carbons (Fsp3) is 0.750. The third-order valence-corrected chi connectivity index (χ3v) is 1.04. The highest BCUT2D eigenvalue weighted by Gasteiger charge is 2.22. The van der Waals surface area contributed by atoms with Gasteiger partial charge in [0.25, 0.3) is 0 Å². The molecule has 0 aromatic carbocycles. The lowest BCUT2D eigenvalue weighted by Crippen LogP contribution is -2.40. The summed E-state index contributed by atoms with van der Waals surface area (Å²) in [7, 11) is 0. The number of nitrogens with one attached hydrogen (secondary N) is 1. The summed E-state index contributed by atoms with van der Waals surface area (Å²) < 4.78 is 4.72. The summed E-state index contributed by atoms with van der Waals surface area (Å²) in [5, 5.41) is 12.7. The first-order valence-corrected chi connectivity index (χ1v) is 2.61. The molecule has 0 saturated carbocycles. The Bertz CT molecular complexity index is 110. The minimum absolute atomic E-state index is 0.271. The van der Waals surface area contributed by atoms with Crippen LogP contribution in [0, 0.1) is 16.7 Å². The van der Waals surface area contributed by atoms with Crippen molar-refractivity contribution in [3.05, 3.63) is 16.7 Å². The van der Waals surface area contributed by atoms with E-state index < -0.39 is 11.2 Å². The maximum Gasteiger partial charge on any atom is 0.327 e. The van der Waals surface area contributed by atoms with E-state index in [2.05, 4.69) is 5.32 Å². The molecule has 5 nitrogen and oxygen atoms in total. The SMILES string of the molecule is O=[N+]([O-])C1CN[CH]CO1. The largest absolute Gasteiger partial charge is 0.327 e. The topological polar surface area (TPSA) is 64.4 Å². The highest BCUT2D eigenvalue weighted by atomic mass is 16.7. The van der Waals surface area contributed by atoms with E-state index in [1.807, 2.05) is 0 Å². The standard InChI is InChI=1S/C4H7N2O3/c7-6(8)4-3-5-1-2-9-4/h1,4-5H,2-3H2. The van der Waals surface area contributed by atoms with Crippen molar-refractivity contribution in [3.8, 4) is 0 Å². The van der Waals surface area contributed by atoms with Gasteiger partial charge in [0, 0.05) is 6.54 Å². The third kappa shape index (κ3) is 1.62. The van der Waals surface area contributed by atoms with E-state index in [1.165, 1.54) is 0 Å². The molecule has 1 aliphatic heterocycles. The van der Waals surface area contributed by atoms with E-state index in [4.69, 9.17) is 4.74 Å². The van der Waals surface area contributed by atoms with Crippen molar-refractivity contribution in [2.75, 3.05) is 13.2 Å². The van der Waals surface area contributed by atoms with Gasteiger partial charge in [-0.3, -0.25) is 10.1 Å². The molecule has 0 bridgehead atoms. The number of hydrogen-bond donors (Lipinski definition) is 1. The monoisotopic (exact) mass is 131 g/mol. The molecule has 1 heterocycles. The third-order valence-electron chi connectivity index (χ3n) is 1.04. The van der Waals surface area contributed by atoms with E-state index in [0.717, 1.165) is 0 Å². The predicted molar refractivity (Wildman–Crippen MR) is 29.0 cm³/mol. The second-order valence-electron chi connectivity index (χ2n) is 1.69. The summed E-state index contributed by atoms with van der Waals surface area (Å²) in [6, 6.07) is 0. The summed E-state index contributed by atoms with van der Waals surface area (Å²) in [6.45, 7) is 2.23. The lowest BCUT2D eigenvalue weighted by molar-refractivity contribution is -0.575. The van der Waals surface area contributed by atoms with Gasteiger partial charge in [-0.25, -0.2) is 0 Å². The second kappa shape index (κ2) is 2.75. The van der Waals surface area contributed by atoms with Crippen molar-refractivity contribution in [2.24, 2.45) is 0 Å². The van der Waals surface area contributed by atoms with E-state index in [-0.39, 0.29) is 6.54 Å². The Morgan fingerprint density at radius 3 is 3.00 bits per heavy atom. The van der Waals surface area contributed by atoms with E-state index in [0.29, 0.717) is 6.61 Å². The highest BCUT2D eigenvalue weighted by molar-refractivity contribution is 4.67. The zero-order chi connectivity index (χ0) is 6.69. The van der Waals surface area contributed by atoms with Gasteiger partial charge in [0.1, 0.15) is 0 Å². The van der Waals surface area contributed by atoms with Gasteiger partial charge in [-0.15, -0.1) is 0 Å². The molecule has 1 atom stereocenters. The molecule has 1 N–H and O–H groups in total. The van der Waals surface area contributed by atoms with Gasteiger partial charge < -0.3 is 10.1 Å². The summed E-state index contributed by atoms with van der Waals surface area (Å²) in [6.07, 6.45) is -0.866. The molecule has 0 amide bonds. The minimum Gasteiger partial charge on any atom is -0.314 e. The molecule has 1 fully saturated rings. The molecular weight excluding hydrogens is 124 g/mol. The van der Waals surface area contributed by atoms with Gasteiger partial charge in [-0.2, -0.15) is 0 Å². The van der Waals surface area contributed by atoms with Gasteiger partial charge >= 0.3 is 6.23 Å². The van der Waals surface area contributed by atoms with Gasteiger partial charge in [-0.05, 0) is 0 Å². The quantitative estimate of drug-likeness (QED) is 0.380. The molecular formula is C4H7N2O3. The highest BCUT2D eigenvalue weighted by Crippen LogP contribution is 1.96. The maximum absolute atomic E-state index is 9.98. The predicted octanol–water partition coefficient (Wildman–Crippen LogP) is -0.629. The van der Waals surface area contributed by atoms with E-state index in [1.54, 1.807) is 6.54 Å². The Kier molecular flexibility index (Phi) is 1.96. The summed E-state index contributed by atoms with van der Waals surface area (Å²) >= 11 is 0. The molecule has 0 aliphatic carbocycles. The van der Waals surface area contributed by atoms with Crippen LogP contribution in [0.4, 0.5) is 0 Å². The van der Waals surface area contributed by atoms with Crippen LogP contribution in [0.3, 0.4) is 0 Å². The van der Waals surface area contributed by atoms with Crippen molar-refractivity contribution in [3.63, 3.8) is 0 Å². The fourth-order valence-corrected chi connectivity index (χ4v) is 0.597. The molecule has 1 saturated heterocycles. The molecule has 9 heavy (non-hydrogen) atoms. The molecule has 1 unspecified atom stereocenters. The van der Waals surface area contributed by atoms with Gasteiger partial charge in [0.05, 0.1) is 18.1 Å². The number of nitro groups is 1. The number of morpholine rings is 1. The minimum atomic E-state index is -0.866. The molecule has 1 aliphatic rings. The van der Waals surface area contributed by atoms with Crippen LogP contribution in [0.2, 0.25) is 0 Å². The zero-order valence-corrected chi connectivity index (χ0v) is 4.74. The van der Waals surface area contributed by atoms with E-state index >= 15 is 0 Å². The van der Waals surface area contributed by atoms with Crippen LogP contribution in [0.25, 0.3) is 0 Å². The maximum atomic E-state index is 9.98. The normalized spacial score (nSPS) is 27.8. The lowest BCUT2D eigenvalue weighted by Gasteiger charge is -2.15. The first-order valence-electron chi connectivity index (χ1n) is 2.61. The Morgan fingerprint density at radius 2 is 2.67 bits per heavy atom. The Hall–Kier alpha value is -0.680. The summed E-state index contributed by atoms with van der Waals surface area (Å²) in [5.74, 6) is 0. The molecule has 0 aromatic rings. The van der Waals surface area contributed by atoms with Crippen LogP contribution in [-0.2, 0) is 4.74 Å². The van der Waals surface area contributed by atoms with Gasteiger partial charge in [0.15, 0.2) is 0 Å². The number of rotatable bonds is 1. The van der Waals surface area contributed by atoms with Crippen LogP contribution in [-0.4, -0.2) is 24.3 Å². The lowest BCUT2D eigenvalue weighted by atomic mass is 10.5. The molecule has 0 spiro atoms. The number of ether oxygens (including phenoxy) is 1. The molecule has 1 rings (SSSR count). The number of hydrogen-bond acceptors (Lipinski definition) is 4. The van der Waals surface area contributed by atoms with Crippen LogP contribution in [0.15, 0.2) is 0 Å². The van der Waals surface area contributed by atoms with Crippen LogP contribution >= 0.6 is 0 Å². The van der Waals surface area contributed by atoms with Crippen molar-refractivity contribution in [1.29, 1.82) is 0 Å². The van der Waals surface area contributed by atoms with Crippen molar-refractivity contribution in [2.45, 2.75) is 6.23 Å². The zero-order valence-electron chi connectivity index (χ0n) is 4.74. The molecule has 51 valence electrons. The van der Waals surface area contributed by atoms with Crippen LogP contribution in [0.1, 0.15) is 0 Å². The van der Waals surface area contributed by atoms with E-state index in [9.17, 15) is 10.1 Å². The average molecular weight is 131 g/mol. The van der Waals surface area contributed by atoms with Gasteiger partial charge in [-0.1, -0.05) is 0 Å². The Morgan fingerprint density at radius 1 is 1.89 bits per heavy atom. The molecule has 0 aromatic heterocycles. The van der Waals surface area contributed by atoms with Crippen LogP contribution in [0.5, 0.6) is 0 Å². The second-order valence-corrected chi connectivity index (χ2v) is 1.69. The Balaban J connectivity index is 2.31. The average Bonchev–Trinajstić information content (AvgIpc) is 1.90. The van der Waals surface area contributed by atoms with Crippen molar-refractivity contribution in [1.82, 2.24) is 5.32 Å². The van der Waals surface area contributed by atoms with Gasteiger partial charge in [0.2, 0.25) is 0 Å². The first kappa shape index (κ1) is 6.44. The van der Waals surface area contributed by atoms with Crippen molar-refractivity contribution < 1.29 is 9.66 Å². The fourth-order valence-electron chi connectivity index (χ4n) is 0.597. The Labute approximate surface area is 52.1 Å². The summed E-state index contributed by atoms with van der Waals surface area (Å²) in [5.41, 5.74) is 0. The summed E-state index contributed by atoms with van der Waals surface area (Å²) in [4.78, 5) is 9.54. The first-order chi connectivity index (χ1) is 4.30. The molecule has 5 heteroatoms. The molecule has 1 radical (unpaired) electrons. The number of nitrogens with zero attached hydrogens (tertiary/aromatic N) is 1. The smallest absolute Gasteiger partial charge is 0.314 e.